The van der Waals surface area contributed by atoms with E-state index in [1.165, 1.54) is 24.4 Å². The zero-order chi connectivity index (χ0) is 20.3. The number of ether oxygens (including phenoxy) is 1. The lowest BCUT2D eigenvalue weighted by molar-refractivity contribution is 0.0697. The molecule has 0 atom stereocenters. The van der Waals surface area contributed by atoms with Gasteiger partial charge in [-0.1, -0.05) is 5.92 Å². The lowest BCUT2D eigenvalue weighted by Gasteiger charge is -2.09. The third-order valence-corrected chi connectivity index (χ3v) is 3.89. The van der Waals surface area contributed by atoms with Crippen LogP contribution in [0.1, 0.15) is 26.3 Å². The summed E-state index contributed by atoms with van der Waals surface area (Å²) in [7, 11) is 0. The third-order valence-electron chi connectivity index (χ3n) is 3.89. The van der Waals surface area contributed by atoms with Crippen molar-refractivity contribution in [3.63, 3.8) is 0 Å². The Morgan fingerprint density at radius 3 is 2.82 bits per heavy atom. The van der Waals surface area contributed by atoms with Crippen molar-refractivity contribution in [2.75, 3.05) is 11.9 Å². The molecular weight excluding hydrogens is 364 g/mol. The normalized spacial score (nSPS) is 10.3. The van der Waals surface area contributed by atoms with Gasteiger partial charge in [0.15, 0.2) is 0 Å². The van der Waals surface area contributed by atoms with Gasteiger partial charge in [0.05, 0.1) is 5.69 Å². The Bertz CT molecular complexity index is 1190. The van der Waals surface area contributed by atoms with Crippen molar-refractivity contribution in [1.29, 1.82) is 0 Å². The van der Waals surface area contributed by atoms with Crippen LogP contribution in [0.4, 0.5) is 5.69 Å². The molecule has 2 heterocycles. The molecule has 1 aromatic carbocycles. The van der Waals surface area contributed by atoms with Crippen LogP contribution >= 0.6 is 0 Å². The molecule has 2 aromatic heterocycles. The van der Waals surface area contributed by atoms with Crippen molar-refractivity contribution < 1.29 is 23.8 Å². The Kier molecular flexibility index (Phi) is 5.09. The second kappa shape index (κ2) is 7.63. The zero-order valence-corrected chi connectivity index (χ0v) is 14.7. The van der Waals surface area contributed by atoms with Gasteiger partial charge in [0.2, 0.25) is 0 Å². The number of aromatic nitrogens is 1. The smallest absolute Gasteiger partial charge is 0.349 e. The fourth-order valence-corrected chi connectivity index (χ4v) is 2.56. The minimum atomic E-state index is -1.26. The maximum atomic E-state index is 12.5. The van der Waals surface area contributed by atoms with Crippen molar-refractivity contribution in [3.05, 3.63) is 63.8 Å². The van der Waals surface area contributed by atoms with Crippen LogP contribution in [0.5, 0.6) is 5.75 Å². The minimum absolute atomic E-state index is 0.0150. The first kappa shape index (κ1) is 18.7. The van der Waals surface area contributed by atoms with Crippen LogP contribution in [0.15, 0.2) is 45.9 Å². The van der Waals surface area contributed by atoms with Crippen LogP contribution < -0.4 is 15.7 Å². The van der Waals surface area contributed by atoms with Crippen molar-refractivity contribution in [2.24, 2.45) is 0 Å². The molecule has 140 valence electrons. The van der Waals surface area contributed by atoms with Crippen molar-refractivity contribution in [2.45, 2.75) is 6.92 Å². The lowest BCUT2D eigenvalue weighted by Crippen LogP contribution is -2.22. The number of carbonyl (C=O) groups is 2. The van der Waals surface area contributed by atoms with Gasteiger partial charge in [-0.05, 0) is 30.7 Å². The highest BCUT2D eigenvalue weighted by Crippen LogP contribution is 2.25. The van der Waals surface area contributed by atoms with Crippen LogP contribution in [-0.2, 0) is 0 Å². The largest absolute Gasteiger partial charge is 0.481 e. The van der Waals surface area contributed by atoms with Crippen LogP contribution in [0.3, 0.4) is 0 Å². The molecule has 8 heteroatoms. The Morgan fingerprint density at radius 1 is 1.32 bits per heavy atom. The number of carboxylic acids is 1. The predicted molar refractivity (Wildman–Crippen MR) is 101 cm³/mol. The predicted octanol–water partition coefficient (Wildman–Crippen LogP) is 2.46. The topological polar surface area (TPSA) is 119 Å². The third kappa shape index (κ3) is 3.68. The molecule has 0 aliphatic rings. The van der Waals surface area contributed by atoms with E-state index in [2.05, 4.69) is 16.2 Å². The van der Waals surface area contributed by atoms with Crippen molar-refractivity contribution in [1.82, 2.24) is 4.98 Å². The lowest BCUT2D eigenvalue weighted by atomic mass is 10.1. The SMILES string of the molecule is C#CCOc1cc2oc(=O)c(C(=O)Nc3ccncc3C(=O)O)cc2cc1C. The fraction of sp³-hybridized carbons (Fsp3) is 0.100. The molecule has 0 bridgehead atoms. The standard InChI is InChI=1S/C20H14N2O6/c1-3-6-27-16-9-17-12(7-11(16)2)8-13(20(26)28-17)18(23)22-15-4-5-21-10-14(15)19(24)25/h1,4-5,7-10H,6H2,2H3,(H,24,25)(H,21,22,23). The first-order chi connectivity index (χ1) is 13.4. The molecule has 8 nitrogen and oxygen atoms in total. The van der Waals surface area contributed by atoms with Gasteiger partial charge >= 0.3 is 11.6 Å². The number of pyridine rings is 1. The van der Waals surface area contributed by atoms with Crippen LogP contribution in [0.2, 0.25) is 0 Å². The molecule has 3 rings (SSSR count). The molecule has 0 unspecified atom stereocenters. The number of nitrogens with zero attached hydrogens (tertiary/aromatic N) is 1. The molecule has 0 fully saturated rings. The highest BCUT2D eigenvalue weighted by atomic mass is 16.5. The quantitative estimate of drug-likeness (QED) is 0.517. The Morgan fingerprint density at radius 2 is 2.11 bits per heavy atom. The summed E-state index contributed by atoms with van der Waals surface area (Å²) in [5.74, 6) is 0.758. The number of carboxylic acid groups (broad SMARTS) is 1. The van der Waals surface area contributed by atoms with Gasteiger partial charge in [-0.2, -0.15) is 0 Å². The summed E-state index contributed by atoms with van der Waals surface area (Å²) in [5, 5.41) is 12.1. The number of aromatic carboxylic acids is 1. The number of aryl methyl sites for hydroxylation is 1. The molecular formula is C20H14N2O6. The van der Waals surface area contributed by atoms with Crippen LogP contribution in [0, 0.1) is 19.3 Å². The van der Waals surface area contributed by atoms with Gasteiger partial charge in [0, 0.05) is 23.8 Å². The zero-order valence-electron chi connectivity index (χ0n) is 14.7. The number of rotatable bonds is 5. The van der Waals surface area contributed by atoms with Gasteiger partial charge in [-0.3, -0.25) is 9.78 Å². The molecule has 28 heavy (non-hydrogen) atoms. The number of amides is 1. The molecule has 0 aliphatic heterocycles. The number of carbonyl (C=O) groups excluding carboxylic acids is 1. The summed E-state index contributed by atoms with van der Waals surface area (Å²) in [6.07, 6.45) is 7.60. The van der Waals surface area contributed by atoms with Gasteiger partial charge < -0.3 is 19.6 Å². The van der Waals surface area contributed by atoms with E-state index >= 15 is 0 Å². The van der Waals surface area contributed by atoms with Gasteiger partial charge in [-0.25, -0.2) is 9.59 Å². The molecule has 1 amide bonds. The average molecular weight is 378 g/mol. The maximum Gasteiger partial charge on any atom is 0.349 e. The molecule has 0 saturated carbocycles. The summed E-state index contributed by atoms with van der Waals surface area (Å²) >= 11 is 0. The minimum Gasteiger partial charge on any atom is -0.481 e. The molecule has 3 aromatic rings. The van der Waals surface area contributed by atoms with E-state index in [1.807, 2.05) is 0 Å². The number of fused-ring (bicyclic) bond motifs is 1. The van der Waals surface area contributed by atoms with Crippen molar-refractivity contribution in [3.8, 4) is 18.1 Å². The van der Waals surface area contributed by atoms with E-state index in [-0.39, 0.29) is 29.0 Å². The van der Waals surface area contributed by atoms with E-state index in [0.29, 0.717) is 11.1 Å². The summed E-state index contributed by atoms with van der Waals surface area (Å²) in [6.45, 7) is 1.85. The number of hydrogen-bond acceptors (Lipinski definition) is 6. The Balaban J connectivity index is 1.98. The summed E-state index contributed by atoms with van der Waals surface area (Å²) < 4.78 is 10.6. The van der Waals surface area contributed by atoms with Crippen LogP contribution in [0.25, 0.3) is 11.0 Å². The maximum absolute atomic E-state index is 12.5. The molecule has 0 aliphatic carbocycles. The molecule has 0 spiro atoms. The number of nitrogens with one attached hydrogen (secondary N) is 1. The van der Waals surface area contributed by atoms with Gasteiger partial charge in [-0.15, -0.1) is 6.42 Å². The highest BCUT2D eigenvalue weighted by Gasteiger charge is 2.18. The highest BCUT2D eigenvalue weighted by molar-refractivity contribution is 6.08. The summed E-state index contributed by atoms with van der Waals surface area (Å²) in [6, 6.07) is 5.91. The average Bonchev–Trinajstić information content (AvgIpc) is 2.66. The summed E-state index contributed by atoms with van der Waals surface area (Å²) in [5.41, 5.74) is -0.354. The number of anilines is 1. The van der Waals surface area contributed by atoms with Gasteiger partial charge in [0.1, 0.15) is 29.1 Å². The first-order valence-electron chi connectivity index (χ1n) is 8.04. The van der Waals surface area contributed by atoms with E-state index in [1.54, 1.807) is 13.0 Å². The fourth-order valence-electron chi connectivity index (χ4n) is 2.56. The van der Waals surface area contributed by atoms with E-state index in [4.69, 9.17) is 20.7 Å². The van der Waals surface area contributed by atoms with Gasteiger partial charge in [0.25, 0.3) is 5.91 Å². The molecule has 0 radical (unpaired) electrons. The molecule has 0 saturated heterocycles. The van der Waals surface area contributed by atoms with Crippen LogP contribution in [-0.4, -0.2) is 28.6 Å². The van der Waals surface area contributed by atoms with E-state index in [0.717, 1.165) is 11.8 Å². The summed E-state index contributed by atoms with van der Waals surface area (Å²) in [4.78, 5) is 39.7. The van der Waals surface area contributed by atoms with E-state index < -0.39 is 17.5 Å². The second-order valence-electron chi connectivity index (χ2n) is 5.78. The number of benzene rings is 1. The molecule has 2 N–H and O–H groups in total. The second-order valence-corrected chi connectivity index (χ2v) is 5.78. The Hall–Kier alpha value is -4.12. The van der Waals surface area contributed by atoms with E-state index in [9.17, 15) is 14.4 Å². The number of hydrogen-bond donors (Lipinski definition) is 2. The monoisotopic (exact) mass is 378 g/mol. The first-order valence-corrected chi connectivity index (χ1v) is 8.04. The Labute approximate surface area is 158 Å². The van der Waals surface area contributed by atoms with Crippen molar-refractivity contribution >= 4 is 28.5 Å². The number of terminal acetylenes is 1.